The first-order chi connectivity index (χ1) is 69.5. The molecular weight excluding hydrogens is 1730 g/mol. The van der Waals surface area contributed by atoms with Crippen LogP contribution in [0.1, 0.15) is 27.8 Å². The second-order valence-corrected chi connectivity index (χ2v) is 36.9. The maximum Gasteiger partial charge on any atom is 0.220 e. The van der Waals surface area contributed by atoms with Crippen LogP contribution < -0.4 is 0 Å². The third-order valence-electron chi connectivity index (χ3n) is 28.5. The Morgan fingerprint density at radius 3 is 0.908 bits per heavy atom. The molecule has 14 heteroatoms. The van der Waals surface area contributed by atoms with Gasteiger partial charge >= 0.3 is 0 Å². The van der Waals surface area contributed by atoms with Gasteiger partial charge in [-0.25, -0.2) is 9.97 Å². The minimum absolute atomic E-state index is 0.883. The Labute approximate surface area is 804 Å². The standard InChI is InChI=1S/2C26H17N3O.3C25H17NO/c1-16-7-6-8-18-19-15-17(13-14-24(19)30-25(16)18)28-22-11-4-5-12-23(22)29-21-10-3-2-9-20(21)27-26(28)29;1-16-13-14-24-18(15-16)17-7-6-12-23(25(17)30-24)29-22-11-5-4-10-21(22)28-20-9-3-2-8-19(20)27-26(28)29;1-16-14-17(15-21-20-10-4-7-13-24(20)27-25(16)21)26-22-11-5-2-8-18(22)19-9-3-6-12-23(19)26;1-16-7-6-10-20-21-15-17(13-14-24(21)27-25(16)20)26-22-11-4-2-8-18(22)19-9-3-5-12-23(19)26;1-16-13-14-24-20(15-16)19-9-6-12-23(25(19)27-24)26-21-10-4-2-7-17(21)18-8-3-5-11-22(18)26/h2*2-15H,1H3;3*2-15H,1H3. The minimum atomic E-state index is 0.883. The number of imidazole rings is 4. The summed E-state index contributed by atoms with van der Waals surface area (Å²) in [4.78, 5) is 9.96. The summed E-state index contributed by atoms with van der Waals surface area (Å²) in [6, 6.07) is 149. The zero-order chi connectivity index (χ0) is 93.5. The summed E-state index contributed by atoms with van der Waals surface area (Å²) in [6.07, 6.45) is 0. The van der Waals surface area contributed by atoms with E-state index in [4.69, 9.17) is 32.1 Å². The first kappa shape index (κ1) is 80.8. The second kappa shape index (κ2) is 31.7. The molecule has 0 spiro atoms. The van der Waals surface area contributed by atoms with Crippen LogP contribution in [0.5, 0.6) is 0 Å². The number of aromatic nitrogens is 9. The predicted molar refractivity (Wildman–Crippen MR) is 581 cm³/mol. The Morgan fingerprint density at radius 2 is 0.461 bits per heavy atom. The van der Waals surface area contributed by atoms with Gasteiger partial charge in [-0.05, 0) is 227 Å². The fraction of sp³-hybridized carbons (Fsp3) is 0.0394. The van der Waals surface area contributed by atoms with Gasteiger partial charge in [0.1, 0.15) is 44.7 Å². The van der Waals surface area contributed by atoms with Gasteiger partial charge in [0.15, 0.2) is 11.2 Å². The van der Waals surface area contributed by atoms with Crippen LogP contribution in [0.3, 0.4) is 0 Å². The molecule has 668 valence electrons. The lowest BCUT2D eigenvalue weighted by atomic mass is 10.1. The van der Waals surface area contributed by atoms with E-state index in [2.05, 4.69) is 467 Å². The Balaban J connectivity index is 0.0000000864. The van der Waals surface area contributed by atoms with E-state index >= 15 is 0 Å². The first-order valence-corrected chi connectivity index (χ1v) is 47.8. The van der Waals surface area contributed by atoms with Crippen LogP contribution in [0, 0.1) is 34.6 Å². The normalized spacial score (nSPS) is 12.0. The summed E-state index contributed by atoms with van der Waals surface area (Å²) < 4.78 is 47.1. The number of hydrogen-bond acceptors (Lipinski definition) is 7. The van der Waals surface area contributed by atoms with Gasteiger partial charge in [0.05, 0.1) is 94.3 Å². The topological polar surface area (TPSA) is 125 Å². The zero-order valence-corrected chi connectivity index (χ0v) is 77.5. The Kier molecular flexibility index (Phi) is 18.2. The maximum absolute atomic E-state index is 6.38. The third-order valence-corrected chi connectivity index (χ3v) is 28.5. The van der Waals surface area contributed by atoms with Gasteiger partial charge in [0.2, 0.25) is 11.6 Å². The van der Waals surface area contributed by atoms with E-state index in [1.165, 1.54) is 109 Å². The predicted octanol–water partition coefficient (Wildman–Crippen LogP) is 34.3. The number of rotatable bonds is 5. The molecule has 0 aliphatic rings. The first-order valence-electron chi connectivity index (χ1n) is 47.8. The highest BCUT2D eigenvalue weighted by Crippen LogP contribution is 2.45. The van der Waals surface area contributed by atoms with Gasteiger partial charge < -0.3 is 35.8 Å². The Morgan fingerprint density at radius 1 is 0.170 bits per heavy atom. The van der Waals surface area contributed by atoms with E-state index in [0.29, 0.717) is 0 Å². The molecular formula is C127H85N9O5. The van der Waals surface area contributed by atoms with E-state index in [1.807, 2.05) is 24.3 Å². The summed E-state index contributed by atoms with van der Waals surface area (Å²) >= 11 is 0. The molecule has 0 N–H and O–H groups in total. The number of hydrogen-bond donors (Lipinski definition) is 0. The molecule has 20 aromatic carbocycles. The molecule has 0 aliphatic heterocycles. The Hall–Kier alpha value is -18.7. The van der Waals surface area contributed by atoms with Gasteiger partial charge in [-0.3, -0.25) is 17.9 Å². The Bertz CT molecular complexity index is 10600. The second-order valence-electron chi connectivity index (χ2n) is 36.9. The summed E-state index contributed by atoms with van der Waals surface area (Å²) in [7, 11) is 0. The average Bonchev–Trinajstić information content (AvgIpc) is 1.56. The fourth-order valence-electron chi connectivity index (χ4n) is 22.2. The molecule has 14 nitrogen and oxygen atoms in total. The van der Waals surface area contributed by atoms with Crippen molar-refractivity contribution in [3.8, 4) is 28.4 Å². The molecule has 12 heterocycles. The van der Waals surface area contributed by atoms with Crippen LogP contribution in [-0.2, 0) is 0 Å². The molecule has 0 saturated carbocycles. The van der Waals surface area contributed by atoms with Crippen LogP contribution in [0.15, 0.2) is 447 Å². The minimum Gasteiger partial charge on any atom is -0.456 e. The average molecular weight is 1820 g/mol. The number of para-hydroxylation sites is 19. The highest BCUT2D eigenvalue weighted by atomic mass is 16.3. The molecule has 0 bridgehead atoms. The van der Waals surface area contributed by atoms with E-state index in [0.717, 1.165) is 178 Å². The molecule has 0 atom stereocenters. The lowest BCUT2D eigenvalue weighted by Crippen LogP contribution is -1.95. The molecule has 0 fully saturated rings. The van der Waals surface area contributed by atoms with Crippen molar-refractivity contribution in [3.63, 3.8) is 0 Å². The summed E-state index contributed by atoms with van der Waals surface area (Å²) in [5.41, 5.74) is 36.8. The van der Waals surface area contributed by atoms with Crippen molar-refractivity contribution in [2.24, 2.45) is 0 Å². The van der Waals surface area contributed by atoms with Crippen molar-refractivity contribution < 1.29 is 22.1 Å². The van der Waals surface area contributed by atoms with Crippen molar-refractivity contribution in [1.29, 1.82) is 0 Å². The largest absolute Gasteiger partial charge is 0.456 e. The number of aryl methyl sites for hydroxylation is 5. The molecule has 0 amide bonds. The number of benzene rings is 20. The SMILES string of the molecule is Cc1cc(-n2c3ccccc3c3ccccc32)cc2c1oc1ccccc12.Cc1ccc2oc3c(-n4c5ccccc5c5ccccc54)cccc3c2c1.Cc1ccc2oc3c(-n4c5ccccc5n5c6ccccc6nc45)cccc3c2c1.Cc1cccc2c1oc1ccc(-n3c4ccccc4c4ccccc43)cc12.Cc1cccc2c1oc1ccc(-n3c4ccccc4n4c5ccccc5nc34)cc12. The van der Waals surface area contributed by atoms with Crippen LogP contribution >= 0.6 is 0 Å². The van der Waals surface area contributed by atoms with Gasteiger partial charge in [-0.2, -0.15) is 0 Å². The molecule has 0 radical (unpaired) electrons. The molecule has 32 rings (SSSR count). The fourth-order valence-corrected chi connectivity index (χ4v) is 22.2. The van der Waals surface area contributed by atoms with Gasteiger partial charge in [-0.15, -0.1) is 0 Å². The van der Waals surface area contributed by atoms with E-state index in [1.54, 1.807) is 0 Å². The van der Waals surface area contributed by atoms with Crippen LogP contribution in [0.25, 0.3) is 259 Å². The van der Waals surface area contributed by atoms with Crippen molar-refractivity contribution in [2.45, 2.75) is 34.6 Å². The van der Waals surface area contributed by atoms with E-state index < -0.39 is 0 Å². The van der Waals surface area contributed by atoms with Gasteiger partial charge in [0, 0.05) is 97.6 Å². The summed E-state index contributed by atoms with van der Waals surface area (Å²) in [6.45, 7) is 10.5. The summed E-state index contributed by atoms with van der Waals surface area (Å²) in [5.74, 6) is 1.81. The van der Waals surface area contributed by atoms with Gasteiger partial charge in [0.25, 0.3) is 0 Å². The molecule has 0 aliphatic carbocycles. The summed E-state index contributed by atoms with van der Waals surface area (Å²) in [5, 5.41) is 19.2. The highest BCUT2D eigenvalue weighted by Gasteiger charge is 2.26. The molecule has 0 saturated heterocycles. The van der Waals surface area contributed by atoms with Crippen LogP contribution in [-0.4, -0.2) is 41.6 Å². The zero-order valence-electron chi connectivity index (χ0n) is 77.5. The van der Waals surface area contributed by atoms with Crippen molar-refractivity contribution >= 4 is 231 Å². The monoisotopic (exact) mass is 1820 g/mol. The highest BCUT2D eigenvalue weighted by molar-refractivity contribution is 6.17. The molecule has 12 aromatic heterocycles. The molecule has 0 unspecified atom stereocenters. The molecule has 32 aromatic rings. The van der Waals surface area contributed by atoms with E-state index in [9.17, 15) is 0 Å². The van der Waals surface area contributed by atoms with E-state index in [-0.39, 0.29) is 0 Å². The maximum atomic E-state index is 6.38. The van der Waals surface area contributed by atoms with Crippen molar-refractivity contribution in [1.82, 2.24) is 41.6 Å². The van der Waals surface area contributed by atoms with Gasteiger partial charge in [-0.1, -0.05) is 260 Å². The smallest absolute Gasteiger partial charge is 0.220 e. The molecule has 141 heavy (non-hydrogen) atoms. The number of fused-ring (bicyclic) bond motifs is 34. The lowest BCUT2D eigenvalue weighted by molar-refractivity contribution is 0.665. The van der Waals surface area contributed by atoms with Crippen LogP contribution in [0.4, 0.5) is 0 Å². The van der Waals surface area contributed by atoms with Crippen LogP contribution in [0.2, 0.25) is 0 Å². The number of nitrogens with zero attached hydrogens (tertiary/aromatic N) is 9. The lowest BCUT2D eigenvalue weighted by Gasteiger charge is -2.09. The van der Waals surface area contributed by atoms with Crippen molar-refractivity contribution in [2.75, 3.05) is 0 Å². The number of furan rings is 5. The quantitative estimate of drug-likeness (QED) is 0.168. The third kappa shape index (κ3) is 12.6. The van der Waals surface area contributed by atoms with Crippen molar-refractivity contribution in [3.05, 3.63) is 452 Å².